The van der Waals surface area contributed by atoms with E-state index in [4.69, 9.17) is 0 Å². The lowest BCUT2D eigenvalue weighted by atomic mass is 10.4. The summed E-state index contributed by atoms with van der Waals surface area (Å²) in [6, 6.07) is 0. The van der Waals surface area contributed by atoms with Crippen LogP contribution in [0.25, 0.3) is 0 Å². The molecule has 2 rings (SSSR count). The lowest BCUT2D eigenvalue weighted by Crippen LogP contribution is -2.40. The summed E-state index contributed by atoms with van der Waals surface area (Å²) in [4.78, 5) is 7.86. The van der Waals surface area contributed by atoms with Gasteiger partial charge in [0.15, 0.2) is 15.0 Å². The van der Waals surface area contributed by atoms with Gasteiger partial charge >= 0.3 is 0 Å². The molecular formula is C11H19N3O2S2. The fourth-order valence-corrected chi connectivity index (χ4v) is 4.14. The first-order valence-corrected chi connectivity index (χ1v) is 8.78. The van der Waals surface area contributed by atoms with Crippen molar-refractivity contribution in [2.24, 2.45) is 0 Å². The number of nitrogens with one attached hydrogen (secondary N) is 1. The van der Waals surface area contributed by atoms with Crippen molar-refractivity contribution in [1.29, 1.82) is 0 Å². The van der Waals surface area contributed by atoms with Crippen molar-refractivity contribution in [3.05, 3.63) is 10.6 Å². The Hall–Kier alpha value is -0.660. The number of anilines is 1. The van der Waals surface area contributed by atoms with Gasteiger partial charge in [0.1, 0.15) is 0 Å². The van der Waals surface area contributed by atoms with Crippen LogP contribution in [0.5, 0.6) is 0 Å². The first-order valence-electron chi connectivity index (χ1n) is 6.14. The fraction of sp³-hybridized carbons (Fsp3) is 0.727. The SMILES string of the molecule is CCNCc1sc(N2CCS(=O)(=O)CC2)nc1C. The molecule has 7 heteroatoms. The molecule has 1 saturated heterocycles. The van der Waals surface area contributed by atoms with Crippen molar-refractivity contribution in [2.45, 2.75) is 20.4 Å². The zero-order valence-electron chi connectivity index (χ0n) is 10.8. The van der Waals surface area contributed by atoms with Crippen molar-refractivity contribution >= 4 is 26.3 Å². The highest BCUT2D eigenvalue weighted by Gasteiger charge is 2.24. The van der Waals surface area contributed by atoms with E-state index in [2.05, 4.69) is 22.1 Å². The van der Waals surface area contributed by atoms with Gasteiger partial charge in [-0.05, 0) is 13.5 Å². The van der Waals surface area contributed by atoms with Crippen LogP contribution in [-0.2, 0) is 16.4 Å². The molecule has 0 aromatic carbocycles. The number of aryl methyl sites for hydroxylation is 1. The maximum absolute atomic E-state index is 11.4. The summed E-state index contributed by atoms with van der Waals surface area (Å²) in [6.07, 6.45) is 0. The Bertz CT molecular complexity index is 496. The van der Waals surface area contributed by atoms with Crippen molar-refractivity contribution in [2.75, 3.05) is 36.0 Å². The van der Waals surface area contributed by atoms with Gasteiger partial charge in [-0.25, -0.2) is 13.4 Å². The Morgan fingerprint density at radius 3 is 2.67 bits per heavy atom. The van der Waals surface area contributed by atoms with Crippen LogP contribution in [0.15, 0.2) is 0 Å². The van der Waals surface area contributed by atoms with E-state index in [-0.39, 0.29) is 11.5 Å². The van der Waals surface area contributed by atoms with Crippen LogP contribution in [0, 0.1) is 6.92 Å². The first kappa shape index (κ1) is 13.8. The number of thiazole rings is 1. The van der Waals surface area contributed by atoms with Gasteiger partial charge < -0.3 is 10.2 Å². The predicted octanol–water partition coefficient (Wildman–Crippen LogP) is 0.796. The highest BCUT2D eigenvalue weighted by atomic mass is 32.2. The Morgan fingerprint density at radius 2 is 2.06 bits per heavy atom. The number of hydrogen-bond acceptors (Lipinski definition) is 6. The van der Waals surface area contributed by atoms with Crippen LogP contribution in [0.2, 0.25) is 0 Å². The molecule has 0 spiro atoms. The Morgan fingerprint density at radius 1 is 1.39 bits per heavy atom. The quantitative estimate of drug-likeness (QED) is 0.888. The summed E-state index contributed by atoms with van der Waals surface area (Å²) in [5.41, 5.74) is 1.05. The molecule has 1 aromatic heterocycles. The smallest absolute Gasteiger partial charge is 0.185 e. The minimum atomic E-state index is -2.82. The van der Waals surface area contributed by atoms with Crippen molar-refractivity contribution < 1.29 is 8.42 Å². The Balaban J connectivity index is 2.06. The van der Waals surface area contributed by atoms with Gasteiger partial charge in [-0.1, -0.05) is 6.92 Å². The summed E-state index contributed by atoms with van der Waals surface area (Å²) < 4.78 is 22.8. The summed E-state index contributed by atoms with van der Waals surface area (Å²) in [7, 11) is -2.82. The number of sulfone groups is 1. The molecule has 2 heterocycles. The molecule has 1 aromatic rings. The minimum Gasteiger partial charge on any atom is -0.346 e. The molecule has 1 N–H and O–H groups in total. The second-order valence-electron chi connectivity index (χ2n) is 4.42. The lowest BCUT2D eigenvalue weighted by molar-refractivity contribution is 0.586. The third kappa shape index (κ3) is 3.21. The summed E-state index contributed by atoms with van der Waals surface area (Å²) in [5.74, 6) is 0.488. The van der Waals surface area contributed by atoms with E-state index in [0.29, 0.717) is 13.1 Å². The van der Waals surface area contributed by atoms with Crippen LogP contribution in [0.1, 0.15) is 17.5 Å². The van der Waals surface area contributed by atoms with Gasteiger partial charge in [0.05, 0.1) is 17.2 Å². The van der Waals surface area contributed by atoms with Crippen molar-refractivity contribution in [3.8, 4) is 0 Å². The molecule has 5 nitrogen and oxygen atoms in total. The van der Waals surface area contributed by atoms with Crippen LogP contribution in [0.4, 0.5) is 5.13 Å². The molecular weight excluding hydrogens is 270 g/mol. The van der Waals surface area contributed by atoms with Crippen molar-refractivity contribution in [3.63, 3.8) is 0 Å². The maximum Gasteiger partial charge on any atom is 0.185 e. The van der Waals surface area contributed by atoms with E-state index in [1.165, 1.54) is 4.88 Å². The molecule has 102 valence electrons. The molecule has 0 aliphatic carbocycles. The van der Waals surface area contributed by atoms with Crippen molar-refractivity contribution in [1.82, 2.24) is 10.3 Å². The van der Waals surface area contributed by atoms with Crippen LogP contribution in [-0.4, -0.2) is 44.5 Å². The molecule has 0 atom stereocenters. The highest BCUT2D eigenvalue weighted by Crippen LogP contribution is 2.27. The zero-order chi connectivity index (χ0) is 13.2. The topological polar surface area (TPSA) is 62.3 Å². The van der Waals surface area contributed by atoms with E-state index < -0.39 is 9.84 Å². The van der Waals surface area contributed by atoms with E-state index in [1.807, 2.05) is 6.92 Å². The normalized spacial score (nSPS) is 19.1. The average molecular weight is 289 g/mol. The highest BCUT2D eigenvalue weighted by molar-refractivity contribution is 7.91. The molecule has 0 saturated carbocycles. The van der Waals surface area contributed by atoms with E-state index >= 15 is 0 Å². The van der Waals surface area contributed by atoms with Crippen LogP contribution in [0.3, 0.4) is 0 Å². The predicted molar refractivity (Wildman–Crippen MR) is 75.1 cm³/mol. The number of rotatable bonds is 4. The zero-order valence-corrected chi connectivity index (χ0v) is 12.4. The molecule has 1 aliphatic rings. The first-order chi connectivity index (χ1) is 8.52. The summed E-state index contributed by atoms with van der Waals surface area (Å²) in [5, 5.41) is 4.24. The molecule has 1 fully saturated rings. The third-order valence-corrected chi connectivity index (χ3v) is 5.86. The molecule has 0 radical (unpaired) electrons. The molecule has 0 unspecified atom stereocenters. The minimum absolute atomic E-state index is 0.244. The second-order valence-corrected chi connectivity index (χ2v) is 7.79. The molecule has 18 heavy (non-hydrogen) atoms. The van der Waals surface area contributed by atoms with Gasteiger partial charge in [-0.15, -0.1) is 11.3 Å². The van der Waals surface area contributed by atoms with Gasteiger partial charge in [0.2, 0.25) is 0 Å². The largest absolute Gasteiger partial charge is 0.346 e. The van der Waals surface area contributed by atoms with Gasteiger partial charge in [-0.2, -0.15) is 0 Å². The van der Waals surface area contributed by atoms with Gasteiger partial charge in [0.25, 0.3) is 0 Å². The van der Waals surface area contributed by atoms with Crippen LogP contribution >= 0.6 is 11.3 Å². The van der Waals surface area contributed by atoms with E-state index in [9.17, 15) is 8.42 Å². The Labute approximate surface area is 112 Å². The lowest BCUT2D eigenvalue weighted by Gasteiger charge is -2.25. The maximum atomic E-state index is 11.4. The average Bonchev–Trinajstić information content (AvgIpc) is 2.68. The standard InChI is InChI=1S/C11H19N3O2S2/c1-3-12-8-10-9(2)13-11(17-10)14-4-6-18(15,16)7-5-14/h12H,3-8H2,1-2H3. The fourth-order valence-electron chi connectivity index (χ4n) is 1.85. The van der Waals surface area contributed by atoms with Gasteiger partial charge in [-0.3, -0.25) is 0 Å². The summed E-state index contributed by atoms with van der Waals surface area (Å²) >= 11 is 1.66. The second kappa shape index (κ2) is 5.54. The van der Waals surface area contributed by atoms with Crippen LogP contribution < -0.4 is 10.2 Å². The van der Waals surface area contributed by atoms with E-state index in [1.54, 1.807) is 11.3 Å². The third-order valence-electron chi connectivity index (χ3n) is 3.03. The number of aromatic nitrogens is 1. The number of hydrogen-bond donors (Lipinski definition) is 1. The monoisotopic (exact) mass is 289 g/mol. The van der Waals surface area contributed by atoms with Gasteiger partial charge in [0, 0.05) is 24.5 Å². The summed E-state index contributed by atoms with van der Waals surface area (Å²) in [6.45, 7) is 6.99. The molecule has 0 amide bonds. The van der Waals surface area contributed by atoms with E-state index in [0.717, 1.165) is 23.9 Å². The number of nitrogens with zero attached hydrogens (tertiary/aromatic N) is 2. The molecule has 1 aliphatic heterocycles. The molecule has 0 bridgehead atoms. The Kier molecular flexibility index (Phi) is 4.24.